The molecule has 2 aromatic carbocycles. The molecule has 0 unspecified atom stereocenters. The van der Waals surface area contributed by atoms with E-state index in [-0.39, 0.29) is 24.6 Å². The number of allylic oxidation sites excluding steroid dienone is 1. The van der Waals surface area contributed by atoms with Crippen LogP contribution in [0.5, 0.6) is 34.5 Å². The van der Waals surface area contributed by atoms with Gasteiger partial charge in [-0.3, -0.25) is 0 Å². The van der Waals surface area contributed by atoms with Crippen LogP contribution in [0.2, 0.25) is 0 Å². The smallest absolute Gasteiger partial charge is 0.333 e. The molecular formula is C28H34O8. The van der Waals surface area contributed by atoms with Gasteiger partial charge in [0.25, 0.3) is 0 Å². The maximum atomic E-state index is 13.0. The van der Waals surface area contributed by atoms with E-state index in [1.165, 1.54) is 0 Å². The van der Waals surface area contributed by atoms with E-state index in [0.717, 1.165) is 16.7 Å². The van der Waals surface area contributed by atoms with Crippen molar-refractivity contribution in [2.24, 2.45) is 11.8 Å². The zero-order chi connectivity index (χ0) is 26.1. The van der Waals surface area contributed by atoms with Crippen LogP contribution >= 0.6 is 0 Å². The van der Waals surface area contributed by atoms with Crippen LogP contribution in [-0.2, 0) is 16.0 Å². The number of benzene rings is 2. The molecule has 0 saturated carbocycles. The van der Waals surface area contributed by atoms with Gasteiger partial charge >= 0.3 is 5.97 Å². The molecule has 2 aromatic rings. The Hall–Kier alpha value is -3.55. The molecule has 0 aromatic heterocycles. The second-order valence-electron chi connectivity index (χ2n) is 9.13. The minimum atomic E-state index is -0.589. The van der Waals surface area contributed by atoms with Crippen LogP contribution in [0, 0.1) is 11.8 Å². The molecule has 3 atom stereocenters. The Kier molecular flexibility index (Phi) is 7.24. The molecule has 0 saturated heterocycles. The summed E-state index contributed by atoms with van der Waals surface area (Å²) in [4.78, 5) is 13.0. The Morgan fingerprint density at radius 3 is 2.25 bits per heavy atom. The number of carbonyl (C=O) groups excluding carboxylic acids is 1. The molecule has 1 heterocycles. The minimum Gasteiger partial charge on any atom is -0.493 e. The van der Waals surface area contributed by atoms with Gasteiger partial charge in [0.15, 0.2) is 23.0 Å². The van der Waals surface area contributed by atoms with Gasteiger partial charge in [0, 0.05) is 28.2 Å². The number of hydrogen-bond donors (Lipinski definition) is 0. The van der Waals surface area contributed by atoms with Crippen LogP contribution in [0.3, 0.4) is 0 Å². The van der Waals surface area contributed by atoms with Crippen LogP contribution in [0.4, 0.5) is 0 Å². The molecule has 0 fully saturated rings. The lowest BCUT2D eigenvalue weighted by Crippen LogP contribution is -2.27. The summed E-state index contributed by atoms with van der Waals surface area (Å²) >= 11 is 0. The third-order valence-corrected chi connectivity index (χ3v) is 7.23. The summed E-state index contributed by atoms with van der Waals surface area (Å²) < 4.78 is 41.0. The molecule has 194 valence electrons. The molecule has 0 bridgehead atoms. The molecule has 2 aliphatic rings. The van der Waals surface area contributed by atoms with E-state index in [4.69, 9.17) is 33.2 Å². The fraction of sp³-hybridized carbons (Fsp3) is 0.464. The van der Waals surface area contributed by atoms with Gasteiger partial charge in [-0.05, 0) is 43.9 Å². The number of methoxy groups -OCH3 is 4. The van der Waals surface area contributed by atoms with Gasteiger partial charge in [0.2, 0.25) is 18.3 Å². The third kappa shape index (κ3) is 4.08. The van der Waals surface area contributed by atoms with E-state index < -0.39 is 6.10 Å². The molecule has 4 rings (SSSR count). The molecule has 1 aliphatic carbocycles. The molecule has 8 heteroatoms. The number of ether oxygens (including phenoxy) is 7. The highest BCUT2D eigenvalue weighted by molar-refractivity contribution is 5.90. The summed E-state index contributed by atoms with van der Waals surface area (Å²) in [6.07, 6.45) is 1.85. The summed E-state index contributed by atoms with van der Waals surface area (Å²) in [5.41, 5.74) is 3.77. The van der Waals surface area contributed by atoms with Gasteiger partial charge in [-0.1, -0.05) is 19.9 Å². The zero-order valence-electron chi connectivity index (χ0n) is 22.1. The number of rotatable bonds is 6. The van der Waals surface area contributed by atoms with Gasteiger partial charge in [-0.25, -0.2) is 4.79 Å². The van der Waals surface area contributed by atoms with Crippen molar-refractivity contribution in [2.75, 3.05) is 35.2 Å². The SMILES string of the molecule is C/C=C(\C)C(=O)O[C@@H]1c2cc(OC)c(OC)c(OC)c2-c2c(cc3c(c2OC)OCO3)C[C@H](C)[C@@H]1C. The summed E-state index contributed by atoms with van der Waals surface area (Å²) in [6, 6.07) is 3.86. The van der Waals surface area contributed by atoms with Gasteiger partial charge in [-0.2, -0.15) is 0 Å². The lowest BCUT2D eigenvalue weighted by atomic mass is 9.75. The van der Waals surface area contributed by atoms with E-state index in [2.05, 4.69) is 13.8 Å². The quantitative estimate of drug-likeness (QED) is 0.382. The summed E-state index contributed by atoms with van der Waals surface area (Å²) in [5, 5.41) is 0. The lowest BCUT2D eigenvalue weighted by Gasteiger charge is -2.35. The Balaban J connectivity index is 2.13. The first-order valence-electron chi connectivity index (χ1n) is 12.0. The fourth-order valence-electron chi connectivity index (χ4n) is 4.96. The van der Waals surface area contributed by atoms with Crippen molar-refractivity contribution in [3.05, 3.63) is 34.9 Å². The highest BCUT2D eigenvalue weighted by Crippen LogP contribution is 2.58. The average Bonchev–Trinajstić information content (AvgIpc) is 3.36. The zero-order valence-corrected chi connectivity index (χ0v) is 22.1. The molecular weight excluding hydrogens is 464 g/mol. The molecule has 0 radical (unpaired) electrons. The Morgan fingerprint density at radius 1 is 0.944 bits per heavy atom. The van der Waals surface area contributed by atoms with Crippen molar-refractivity contribution in [3.63, 3.8) is 0 Å². The summed E-state index contributed by atoms with van der Waals surface area (Å²) in [5.74, 6) is 2.78. The summed E-state index contributed by atoms with van der Waals surface area (Å²) in [7, 11) is 6.30. The topological polar surface area (TPSA) is 81.7 Å². The first kappa shape index (κ1) is 25.5. The molecule has 0 N–H and O–H groups in total. The van der Waals surface area contributed by atoms with Crippen molar-refractivity contribution in [1.29, 1.82) is 0 Å². The Labute approximate surface area is 212 Å². The van der Waals surface area contributed by atoms with Crippen molar-refractivity contribution in [3.8, 4) is 45.6 Å². The van der Waals surface area contributed by atoms with Crippen LogP contribution < -0.4 is 28.4 Å². The van der Waals surface area contributed by atoms with Crippen molar-refractivity contribution < 1.29 is 38.0 Å². The van der Waals surface area contributed by atoms with Crippen molar-refractivity contribution in [1.82, 2.24) is 0 Å². The van der Waals surface area contributed by atoms with Gasteiger partial charge in [0.05, 0.1) is 28.4 Å². The Bertz CT molecular complexity index is 1200. The highest BCUT2D eigenvalue weighted by Gasteiger charge is 2.39. The largest absolute Gasteiger partial charge is 0.493 e. The number of carbonyl (C=O) groups is 1. The van der Waals surface area contributed by atoms with Crippen LogP contribution in [0.1, 0.15) is 44.9 Å². The number of esters is 1. The Morgan fingerprint density at radius 2 is 1.64 bits per heavy atom. The predicted molar refractivity (Wildman–Crippen MR) is 135 cm³/mol. The maximum absolute atomic E-state index is 13.0. The van der Waals surface area contributed by atoms with E-state index >= 15 is 0 Å². The van der Waals surface area contributed by atoms with E-state index in [0.29, 0.717) is 52.1 Å². The highest BCUT2D eigenvalue weighted by atomic mass is 16.7. The van der Waals surface area contributed by atoms with E-state index in [9.17, 15) is 4.79 Å². The first-order valence-corrected chi connectivity index (χ1v) is 12.0. The lowest BCUT2D eigenvalue weighted by molar-refractivity contribution is -0.148. The molecule has 0 amide bonds. The molecule has 8 nitrogen and oxygen atoms in total. The second-order valence-corrected chi connectivity index (χ2v) is 9.13. The van der Waals surface area contributed by atoms with E-state index in [1.807, 2.05) is 19.1 Å². The number of hydrogen-bond acceptors (Lipinski definition) is 8. The monoisotopic (exact) mass is 498 g/mol. The minimum absolute atomic E-state index is 0.0373. The average molecular weight is 499 g/mol. The van der Waals surface area contributed by atoms with E-state index in [1.54, 1.807) is 41.4 Å². The standard InChI is InChI=1S/C28H34O8/c1-9-14(2)28(29)36-23-16(4)15(3)10-17-11-20-25(35-13-34-20)26(32-7)21(17)22-18(23)12-19(30-5)24(31-6)27(22)33-8/h9,11-12,15-16,23H,10,13H2,1-8H3/b14-9+/t15-,16-,23-/m0/s1. The van der Waals surface area contributed by atoms with Crippen molar-refractivity contribution in [2.45, 2.75) is 40.2 Å². The maximum Gasteiger partial charge on any atom is 0.333 e. The summed E-state index contributed by atoms with van der Waals surface area (Å²) in [6.45, 7) is 7.91. The van der Waals surface area contributed by atoms with Gasteiger partial charge in [-0.15, -0.1) is 0 Å². The molecule has 1 aliphatic heterocycles. The van der Waals surface area contributed by atoms with Crippen molar-refractivity contribution >= 4 is 5.97 Å². The second kappa shape index (κ2) is 10.2. The predicted octanol–water partition coefficient (Wildman–Crippen LogP) is 5.50. The van der Waals surface area contributed by atoms with Crippen LogP contribution in [0.25, 0.3) is 11.1 Å². The van der Waals surface area contributed by atoms with Crippen LogP contribution in [-0.4, -0.2) is 41.2 Å². The third-order valence-electron chi connectivity index (χ3n) is 7.23. The fourth-order valence-corrected chi connectivity index (χ4v) is 4.96. The van der Waals surface area contributed by atoms with Crippen LogP contribution in [0.15, 0.2) is 23.8 Å². The molecule has 0 spiro atoms. The van der Waals surface area contributed by atoms with Gasteiger partial charge < -0.3 is 33.2 Å². The first-order chi connectivity index (χ1) is 17.3. The van der Waals surface area contributed by atoms with Gasteiger partial charge in [0.1, 0.15) is 6.10 Å². The number of fused-ring (bicyclic) bond motifs is 4. The molecule has 36 heavy (non-hydrogen) atoms. The normalized spacial score (nSPS) is 20.4.